The van der Waals surface area contributed by atoms with Crippen LogP contribution in [0.25, 0.3) is 0 Å². The first-order valence-electron chi connectivity index (χ1n) is 5.88. The summed E-state index contributed by atoms with van der Waals surface area (Å²) < 4.78 is 16.4. The minimum atomic E-state index is 0.0214. The smallest absolute Gasteiger partial charge is 0.188 e. The van der Waals surface area contributed by atoms with Crippen molar-refractivity contribution >= 4 is 5.78 Å². The van der Waals surface area contributed by atoms with Crippen molar-refractivity contribution in [1.29, 1.82) is 0 Å². The van der Waals surface area contributed by atoms with Gasteiger partial charge in [-0.05, 0) is 24.1 Å². The molecule has 0 N–H and O–H groups in total. The van der Waals surface area contributed by atoms with Gasteiger partial charge in [0.1, 0.15) is 6.61 Å². The van der Waals surface area contributed by atoms with Gasteiger partial charge in [0.15, 0.2) is 17.3 Å². The molecule has 0 spiro atoms. The van der Waals surface area contributed by atoms with Crippen molar-refractivity contribution in [3.63, 3.8) is 0 Å². The van der Waals surface area contributed by atoms with Crippen LogP contribution >= 0.6 is 0 Å². The Hall–Kier alpha value is -1.55. The van der Waals surface area contributed by atoms with E-state index in [-0.39, 0.29) is 12.4 Å². The number of fused-ring (bicyclic) bond motifs is 2. The van der Waals surface area contributed by atoms with Crippen LogP contribution in [-0.4, -0.2) is 32.2 Å². The average molecular weight is 234 g/mol. The highest BCUT2D eigenvalue weighted by atomic mass is 16.5. The lowest BCUT2D eigenvalue weighted by Crippen LogP contribution is -2.07. The molecule has 0 fully saturated rings. The van der Waals surface area contributed by atoms with Gasteiger partial charge < -0.3 is 14.2 Å². The van der Waals surface area contributed by atoms with Crippen molar-refractivity contribution in [3.05, 3.63) is 23.3 Å². The zero-order chi connectivity index (χ0) is 11.7. The van der Waals surface area contributed by atoms with Crippen molar-refractivity contribution in [1.82, 2.24) is 0 Å². The summed E-state index contributed by atoms with van der Waals surface area (Å²) in [5.74, 6) is 1.44. The number of rotatable bonds is 0. The number of carbonyl (C=O) groups is 1. The highest BCUT2D eigenvalue weighted by molar-refractivity contribution is 5.99. The summed E-state index contributed by atoms with van der Waals surface area (Å²) in [4.78, 5) is 11.9. The van der Waals surface area contributed by atoms with Crippen LogP contribution in [0.2, 0.25) is 0 Å². The first-order chi connectivity index (χ1) is 8.34. The molecule has 2 aliphatic heterocycles. The second kappa shape index (κ2) is 4.37. The van der Waals surface area contributed by atoms with Gasteiger partial charge in [-0.25, -0.2) is 0 Å². The number of hydrogen-bond acceptors (Lipinski definition) is 4. The van der Waals surface area contributed by atoms with Gasteiger partial charge in [0.05, 0.1) is 19.8 Å². The second-order valence-electron chi connectivity index (χ2n) is 4.23. The average Bonchev–Trinajstić information content (AvgIpc) is 2.66. The molecule has 3 rings (SSSR count). The predicted molar refractivity (Wildman–Crippen MR) is 60.9 cm³/mol. The number of ether oxygens (including phenoxy) is 3. The van der Waals surface area contributed by atoms with Gasteiger partial charge in [-0.3, -0.25) is 4.79 Å². The maximum atomic E-state index is 11.9. The van der Waals surface area contributed by atoms with Crippen molar-refractivity contribution in [2.45, 2.75) is 12.8 Å². The molecule has 0 radical (unpaired) electrons. The zero-order valence-electron chi connectivity index (χ0n) is 9.53. The van der Waals surface area contributed by atoms with Crippen LogP contribution in [0.4, 0.5) is 0 Å². The van der Waals surface area contributed by atoms with E-state index in [1.165, 1.54) is 0 Å². The minimum absolute atomic E-state index is 0.0214. The molecule has 2 aliphatic rings. The molecule has 0 unspecified atom stereocenters. The maximum absolute atomic E-state index is 11.9. The summed E-state index contributed by atoms with van der Waals surface area (Å²) >= 11 is 0. The van der Waals surface area contributed by atoms with E-state index in [0.29, 0.717) is 31.1 Å². The van der Waals surface area contributed by atoms with Gasteiger partial charge in [0, 0.05) is 12.0 Å². The Morgan fingerprint density at radius 1 is 1.00 bits per heavy atom. The first-order valence-corrected chi connectivity index (χ1v) is 5.88. The summed E-state index contributed by atoms with van der Waals surface area (Å²) in [7, 11) is 0. The Kier molecular flexibility index (Phi) is 2.73. The maximum Gasteiger partial charge on any atom is 0.188 e. The van der Waals surface area contributed by atoms with Crippen molar-refractivity contribution in [2.75, 3.05) is 26.4 Å². The summed E-state index contributed by atoms with van der Waals surface area (Å²) in [6, 6.07) is 3.72. The highest BCUT2D eigenvalue weighted by Gasteiger charge is 2.21. The molecule has 4 heteroatoms. The van der Waals surface area contributed by atoms with E-state index in [9.17, 15) is 4.79 Å². The zero-order valence-corrected chi connectivity index (χ0v) is 9.53. The summed E-state index contributed by atoms with van der Waals surface area (Å²) in [5, 5.41) is 0. The molecule has 0 atom stereocenters. The van der Waals surface area contributed by atoms with Crippen molar-refractivity contribution in [2.24, 2.45) is 0 Å². The Balaban J connectivity index is 2.06. The molecule has 0 bridgehead atoms. The molecule has 4 nitrogen and oxygen atoms in total. The molecule has 2 heterocycles. The summed E-state index contributed by atoms with van der Waals surface area (Å²) in [6.07, 6.45) is 1.62. The molecule has 1 aromatic rings. The number of carbonyl (C=O) groups excluding carboxylic acids is 1. The summed E-state index contributed by atoms with van der Waals surface area (Å²) in [6.45, 7) is 2.04. The predicted octanol–water partition coefficient (Wildman–Crippen LogP) is 1.60. The number of ketones is 1. The van der Waals surface area contributed by atoms with Gasteiger partial charge in [-0.1, -0.05) is 0 Å². The van der Waals surface area contributed by atoms with Crippen LogP contribution < -0.4 is 9.47 Å². The SMILES string of the molecule is O=C1COCCc2cc3c(cc21)OCCCO3. The standard InChI is InChI=1S/C13H14O4/c14-11-8-15-5-2-9-6-12-13(7-10(9)11)17-4-1-3-16-12/h6-7H,1-5,8H2. The van der Waals surface area contributed by atoms with E-state index in [2.05, 4.69) is 0 Å². The topological polar surface area (TPSA) is 44.8 Å². The van der Waals surface area contributed by atoms with Crippen LogP contribution in [0.15, 0.2) is 12.1 Å². The second-order valence-corrected chi connectivity index (χ2v) is 4.23. The lowest BCUT2D eigenvalue weighted by atomic mass is 10.0. The Morgan fingerprint density at radius 2 is 1.76 bits per heavy atom. The quantitative estimate of drug-likeness (QED) is 0.684. The van der Waals surface area contributed by atoms with E-state index in [4.69, 9.17) is 14.2 Å². The number of Topliss-reactive ketones (excluding diaryl/α,β-unsaturated/α-hetero) is 1. The van der Waals surface area contributed by atoms with Crippen molar-refractivity contribution < 1.29 is 19.0 Å². The molecule has 17 heavy (non-hydrogen) atoms. The largest absolute Gasteiger partial charge is 0.490 e. The van der Waals surface area contributed by atoms with Crippen LogP contribution in [0.5, 0.6) is 11.5 Å². The molecule has 1 aromatic carbocycles. The lowest BCUT2D eigenvalue weighted by Gasteiger charge is -2.11. The highest BCUT2D eigenvalue weighted by Crippen LogP contribution is 2.33. The van der Waals surface area contributed by atoms with Crippen LogP contribution in [0, 0.1) is 0 Å². The molecular weight excluding hydrogens is 220 g/mol. The Morgan fingerprint density at radius 3 is 2.59 bits per heavy atom. The Bertz CT molecular complexity index is 453. The Labute approximate surface area is 99.5 Å². The van der Waals surface area contributed by atoms with Gasteiger partial charge in [0.25, 0.3) is 0 Å². The molecule has 0 saturated heterocycles. The fraction of sp³-hybridized carbons (Fsp3) is 0.462. The minimum Gasteiger partial charge on any atom is -0.490 e. The molecule has 0 saturated carbocycles. The van der Waals surface area contributed by atoms with E-state index in [1.54, 1.807) is 6.07 Å². The van der Waals surface area contributed by atoms with Gasteiger partial charge >= 0.3 is 0 Å². The van der Waals surface area contributed by atoms with E-state index < -0.39 is 0 Å². The number of hydrogen-bond donors (Lipinski definition) is 0. The third kappa shape index (κ3) is 2.00. The van der Waals surface area contributed by atoms with Crippen LogP contribution in [0.3, 0.4) is 0 Å². The normalized spacial score (nSPS) is 19.2. The molecule has 90 valence electrons. The van der Waals surface area contributed by atoms with Gasteiger partial charge in [-0.15, -0.1) is 0 Å². The monoisotopic (exact) mass is 234 g/mol. The van der Waals surface area contributed by atoms with Gasteiger partial charge in [0.2, 0.25) is 0 Å². The third-order valence-electron chi connectivity index (χ3n) is 3.02. The third-order valence-corrected chi connectivity index (χ3v) is 3.02. The molecule has 0 aliphatic carbocycles. The lowest BCUT2D eigenvalue weighted by molar-refractivity contribution is 0.0788. The fourth-order valence-corrected chi connectivity index (χ4v) is 2.14. The number of benzene rings is 1. The first kappa shape index (κ1) is 10.6. The van der Waals surface area contributed by atoms with E-state index in [0.717, 1.165) is 24.2 Å². The van der Waals surface area contributed by atoms with E-state index >= 15 is 0 Å². The van der Waals surface area contributed by atoms with Crippen LogP contribution in [0.1, 0.15) is 22.3 Å². The molecular formula is C13H14O4. The fourth-order valence-electron chi connectivity index (χ4n) is 2.14. The van der Waals surface area contributed by atoms with Crippen molar-refractivity contribution in [3.8, 4) is 11.5 Å². The summed E-state index contributed by atoms with van der Waals surface area (Å²) in [5.41, 5.74) is 1.71. The van der Waals surface area contributed by atoms with Crippen LogP contribution in [-0.2, 0) is 11.2 Å². The molecule has 0 amide bonds. The van der Waals surface area contributed by atoms with E-state index in [1.807, 2.05) is 6.07 Å². The molecule has 0 aromatic heterocycles. The van der Waals surface area contributed by atoms with Gasteiger partial charge in [-0.2, -0.15) is 0 Å².